The van der Waals surface area contributed by atoms with Crippen LogP contribution in [-0.2, 0) is 6.73 Å². The van der Waals surface area contributed by atoms with E-state index in [0.29, 0.717) is 6.07 Å². The second-order valence-corrected chi connectivity index (χ2v) is 5.90. The second kappa shape index (κ2) is 8.01. The molecule has 28 heavy (non-hydrogen) atoms. The molecular weight excluding hydrogens is 398 g/mol. The number of carbonyl (C=O) groups excluding carboxylic acids is 1. The molecule has 0 spiro atoms. The highest BCUT2D eigenvalue weighted by molar-refractivity contribution is 6.31. The first-order valence-corrected chi connectivity index (χ1v) is 8.08. The summed E-state index contributed by atoms with van der Waals surface area (Å²) in [6.07, 6.45) is 1.40. The monoisotopic (exact) mass is 408 g/mol. The van der Waals surface area contributed by atoms with Gasteiger partial charge in [-0.1, -0.05) is 11.6 Å². The molecule has 0 aliphatic carbocycles. The molecule has 8 nitrogen and oxygen atoms in total. The highest BCUT2D eigenvalue weighted by Gasteiger charge is 2.18. The molecule has 0 radical (unpaired) electrons. The smallest absolute Gasteiger partial charge is 0.294 e. The number of nitrogens with one attached hydrogen (secondary N) is 1. The molecule has 0 bridgehead atoms. The molecule has 0 aliphatic rings. The predicted octanol–water partition coefficient (Wildman–Crippen LogP) is 4.01. The molecule has 1 aromatic heterocycles. The summed E-state index contributed by atoms with van der Waals surface area (Å²) >= 11 is 5.73. The van der Waals surface area contributed by atoms with Crippen molar-refractivity contribution in [1.82, 2.24) is 9.78 Å². The molecule has 3 aromatic rings. The fourth-order valence-electron chi connectivity index (χ4n) is 2.23. The largest absolute Gasteiger partial charge is 0.468 e. The van der Waals surface area contributed by atoms with Gasteiger partial charge in [-0.15, -0.1) is 0 Å². The molecule has 1 heterocycles. The first-order chi connectivity index (χ1) is 13.3. The van der Waals surface area contributed by atoms with E-state index in [0.717, 1.165) is 18.2 Å². The van der Waals surface area contributed by atoms with Crippen LogP contribution in [-0.4, -0.2) is 20.6 Å². The van der Waals surface area contributed by atoms with Crippen LogP contribution in [0, 0.1) is 21.7 Å². The van der Waals surface area contributed by atoms with Crippen molar-refractivity contribution in [2.24, 2.45) is 0 Å². The van der Waals surface area contributed by atoms with Gasteiger partial charge in [0.15, 0.2) is 24.0 Å². The summed E-state index contributed by atoms with van der Waals surface area (Å²) in [5.41, 5.74) is -0.457. The summed E-state index contributed by atoms with van der Waals surface area (Å²) in [7, 11) is 0. The Bertz CT molecular complexity index is 1060. The van der Waals surface area contributed by atoms with Gasteiger partial charge >= 0.3 is 0 Å². The van der Waals surface area contributed by atoms with Crippen molar-refractivity contribution in [3.63, 3.8) is 0 Å². The van der Waals surface area contributed by atoms with Crippen LogP contribution < -0.4 is 10.1 Å². The Hall–Kier alpha value is -3.53. The highest BCUT2D eigenvalue weighted by atomic mass is 35.5. The van der Waals surface area contributed by atoms with Gasteiger partial charge in [-0.2, -0.15) is 5.10 Å². The lowest BCUT2D eigenvalue weighted by atomic mass is 10.2. The molecule has 144 valence electrons. The molecule has 3 rings (SSSR count). The van der Waals surface area contributed by atoms with Crippen LogP contribution in [0.5, 0.6) is 5.75 Å². The van der Waals surface area contributed by atoms with Gasteiger partial charge in [-0.3, -0.25) is 14.9 Å². The summed E-state index contributed by atoms with van der Waals surface area (Å²) < 4.78 is 32.8. The number of aromatic nitrogens is 2. The lowest BCUT2D eigenvalue weighted by Crippen LogP contribution is -2.15. The number of anilines is 1. The zero-order valence-electron chi connectivity index (χ0n) is 13.9. The van der Waals surface area contributed by atoms with Gasteiger partial charge in [-0.25, -0.2) is 13.5 Å². The Labute approximate surface area is 161 Å². The minimum atomic E-state index is -0.875. The number of benzene rings is 2. The number of halogens is 3. The molecule has 11 heteroatoms. The molecule has 2 aromatic carbocycles. The molecule has 0 saturated carbocycles. The Balaban J connectivity index is 1.68. The van der Waals surface area contributed by atoms with E-state index in [1.54, 1.807) is 0 Å². The first-order valence-electron chi connectivity index (χ1n) is 7.70. The van der Waals surface area contributed by atoms with Crippen LogP contribution >= 0.6 is 11.6 Å². The first kappa shape index (κ1) is 19.2. The van der Waals surface area contributed by atoms with Crippen molar-refractivity contribution < 1.29 is 23.2 Å². The minimum Gasteiger partial charge on any atom is -0.468 e. The molecule has 0 saturated heterocycles. The number of hydrogen-bond donors (Lipinski definition) is 1. The van der Waals surface area contributed by atoms with Gasteiger partial charge in [0, 0.05) is 23.4 Å². The van der Waals surface area contributed by atoms with Crippen molar-refractivity contribution in [1.29, 1.82) is 0 Å². The number of nitrogens with zero attached hydrogens (tertiary/aromatic N) is 3. The van der Waals surface area contributed by atoms with E-state index in [1.165, 1.54) is 29.1 Å². The van der Waals surface area contributed by atoms with Crippen molar-refractivity contribution in [3.05, 3.63) is 81.1 Å². The molecule has 1 N–H and O–H groups in total. The molecule has 1 amide bonds. The molecule has 0 unspecified atom stereocenters. The number of rotatable bonds is 6. The SMILES string of the molecule is O=C(Nc1ccc(Cl)cc1[N+](=O)[O-])c1ccn(COc2ccc(F)cc2F)n1. The van der Waals surface area contributed by atoms with Crippen LogP contribution in [0.15, 0.2) is 48.7 Å². The van der Waals surface area contributed by atoms with Crippen molar-refractivity contribution in [2.45, 2.75) is 6.73 Å². The van der Waals surface area contributed by atoms with Gasteiger partial charge < -0.3 is 10.1 Å². The Morgan fingerprint density at radius 3 is 2.75 bits per heavy atom. The summed E-state index contributed by atoms with van der Waals surface area (Å²) in [6, 6.07) is 8.00. The minimum absolute atomic E-state index is 0.0430. The number of carbonyl (C=O) groups is 1. The summed E-state index contributed by atoms with van der Waals surface area (Å²) in [6.45, 7) is -0.239. The standard InChI is InChI=1S/C17H11ClF2N4O4/c18-10-1-3-13(15(7-10)24(26)27)21-17(25)14-5-6-23(22-14)9-28-16-4-2-11(19)8-12(16)20/h1-8H,9H2,(H,21,25). The molecular formula is C17H11ClF2N4O4. The maximum absolute atomic E-state index is 13.5. The van der Waals surface area contributed by atoms with E-state index in [1.807, 2.05) is 0 Å². The Morgan fingerprint density at radius 2 is 2.04 bits per heavy atom. The van der Waals surface area contributed by atoms with E-state index in [4.69, 9.17) is 16.3 Å². The van der Waals surface area contributed by atoms with Gasteiger partial charge in [-0.05, 0) is 30.3 Å². The van der Waals surface area contributed by atoms with E-state index in [-0.39, 0.29) is 34.6 Å². The average Bonchev–Trinajstić information content (AvgIpc) is 3.11. The van der Waals surface area contributed by atoms with Gasteiger partial charge in [0.25, 0.3) is 11.6 Å². The van der Waals surface area contributed by atoms with Gasteiger partial charge in [0.05, 0.1) is 4.92 Å². The maximum atomic E-state index is 13.5. The average molecular weight is 409 g/mol. The number of ether oxygens (including phenoxy) is 1. The third kappa shape index (κ3) is 4.41. The van der Waals surface area contributed by atoms with Crippen molar-refractivity contribution in [2.75, 3.05) is 5.32 Å². The third-order valence-corrected chi connectivity index (χ3v) is 3.76. The van der Waals surface area contributed by atoms with E-state index in [2.05, 4.69) is 10.4 Å². The lowest BCUT2D eigenvalue weighted by molar-refractivity contribution is -0.383. The number of nitro groups is 1. The van der Waals surface area contributed by atoms with Crippen LogP contribution in [0.2, 0.25) is 5.02 Å². The lowest BCUT2D eigenvalue weighted by Gasteiger charge is -2.07. The summed E-state index contributed by atoms with van der Waals surface area (Å²) in [5.74, 6) is -2.49. The zero-order chi connectivity index (χ0) is 20.3. The van der Waals surface area contributed by atoms with E-state index in [9.17, 15) is 23.7 Å². The van der Waals surface area contributed by atoms with Crippen molar-refractivity contribution >= 4 is 28.9 Å². The van der Waals surface area contributed by atoms with Gasteiger partial charge in [0.1, 0.15) is 11.5 Å². The topological polar surface area (TPSA) is 99.3 Å². The van der Waals surface area contributed by atoms with E-state index >= 15 is 0 Å². The predicted molar refractivity (Wildman–Crippen MR) is 95.3 cm³/mol. The van der Waals surface area contributed by atoms with Crippen molar-refractivity contribution in [3.8, 4) is 5.75 Å². The normalized spacial score (nSPS) is 10.5. The summed E-state index contributed by atoms with van der Waals surface area (Å²) in [5, 5.41) is 17.5. The number of nitro benzene ring substituents is 1. The number of hydrogen-bond acceptors (Lipinski definition) is 5. The molecule has 0 atom stereocenters. The van der Waals surface area contributed by atoms with E-state index < -0.39 is 22.5 Å². The third-order valence-electron chi connectivity index (χ3n) is 3.52. The van der Waals surface area contributed by atoms with Gasteiger partial charge in [0.2, 0.25) is 0 Å². The van der Waals surface area contributed by atoms with Crippen LogP contribution in [0.1, 0.15) is 10.5 Å². The Kier molecular flexibility index (Phi) is 5.50. The highest BCUT2D eigenvalue weighted by Crippen LogP contribution is 2.28. The van der Waals surface area contributed by atoms with Crippen LogP contribution in [0.3, 0.4) is 0 Å². The Morgan fingerprint density at radius 1 is 1.25 bits per heavy atom. The fourth-order valence-corrected chi connectivity index (χ4v) is 2.40. The second-order valence-electron chi connectivity index (χ2n) is 5.46. The fraction of sp³-hybridized carbons (Fsp3) is 0.0588. The molecule has 0 aliphatic heterocycles. The quantitative estimate of drug-likeness (QED) is 0.490. The molecule has 0 fully saturated rings. The van der Waals surface area contributed by atoms with Crippen LogP contribution in [0.4, 0.5) is 20.2 Å². The van der Waals surface area contributed by atoms with Crippen LogP contribution in [0.25, 0.3) is 0 Å². The summed E-state index contributed by atoms with van der Waals surface area (Å²) in [4.78, 5) is 22.7. The maximum Gasteiger partial charge on any atom is 0.294 e. The number of amides is 1. The zero-order valence-corrected chi connectivity index (χ0v) is 14.7.